The number of carboxylic acid groups (broad SMARTS) is 1. The molecule has 2 rings (SSSR count). The van der Waals surface area contributed by atoms with Crippen LogP contribution in [0.2, 0.25) is 0 Å². The minimum Gasteiger partial charge on any atom is -0.475 e. The third-order valence-electron chi connectivity index (χ3n) is 2.60. The molecule has 1 heterocycles. The molecule has 19 heavy (non-hydrogen) atoms. The van der Waals surface area contributed by atoms with Gasteiger partial charge in [0.1, 0.15) is 11.5 Å². The molecule has 0 unspecified atom stereocenters. The van der Waals surface area contributed by atoms with Gasteiger partial charge < -0.3 is 9.52 Å². The largest absolute Gasteiger partial charge is 0.475 e. The molecule has 0 aliphatic carbocycles. The van der Waals surface area contributed by atoms with Gasteiger partial charge in [-0.2, -0.15) is 0 Å². The second-order valence-corrected chi connectivity index (χ2v) is 6.09. The van der Waals surface area contributed by atoms with Gasteiger partial charge in [0.05, 0.1) is 4.90 Å². The third-order valence-corrected chi connectivity index (χ3v) is 4.25. The quantitative estimate of drug-likeness (QED) is 0.928. The number of hydrogen-bond donors (Lipinski definition) is 1. The van der Waals surface area contributed by atoms with Gasteiger partial charge in [0.15, 0.2) is 9.84 Å². The van der Waals surface area contributed by atoms with E-state index >= 15 is 0 Å². The van der Waals surface area contributed by atoms with Gasteiger partial charge in [-0.1, -0.05) is 18.2 Å². The molecular formula is C13H12O5S. The van der Waals surface area contributed by atoms with Gasteiger partial charge in [-0.05, 0) is 25.1 Å². The molecule has 100 valence electrons. The molecule has 0 aliphatic heterocycles. The number of carboxylic acids is 1. The molecule has 0 fully saturated rings. The predicted octanol–water partition coefficient (Wildman–Crippen LogP) is 2.26. The second kappa shape index (κ2) is 4.89. The van der Waals surface area contributed by atoms with Crippen LogP contribution >= 0.6 is 0 Å². The van der Waals surface area contributed by atoms with Crippen LogP contribution in [0.15, 0.2) is 45.7 Å². The van der Waals surface area contributed by atoms with E-state index in [0.717, 1.165) is 0 Å². The van der Waals surface area contributed by atoms with Gasteiger partial charge in [-0.3, -0.25) is 0 Å². The number of sulfone groups is 1. The average molecular weight is 280 g/mol. The molecule has 0 amide bonds. The van der Waals surface area contributed by atoms with Crippen molar-refractivity contribution < 1.29 is 22.7 Å². The van der Waals surface area contributed by atoms with Crippen molar-refractivity contribution in [3.05, 3.63) is 53.5 Å². The van der Waals surface area contributed by atoms with Crippen molar-refractivity contribution in [1.82, 2.24) is 0 Å². The Balaban J connectivity index is 2.31. The van der Waals surface area contributed by atoms with Crippen LogP contribution in [0.4, 0.5) is 0 Å². The molecule has 1 aromatic heterocycles. The molecule has 0 bridgehead atoms. The Morgan fingerprint density at radius 2 is 1.89 bits per heavy atom. The maximum atomic E-state index is 12.1. The molecular weight excluding hydrogens is 268 g/mol. The Morgan fingerprint density at radius 3 is 2.42 bits per heavy atom. The Kier molecular flexibility index (Phi) is 3.44. The molecule has 2 aromatic rings. The van der Waals surface area contributed by atoms with Crippen molar-refractivity contribution in [2.75, 3.05) is 0 Å². The van der Waals surface area contributed by atoms with Gasteiger partial charge in [0.2, 0.25) is 5.76 Å². The Hall–Kier alpha value is -2.08. The maximum absolute atomic E-state index is 12.1. The number of benzene rings is 1. The number of aromatic carboxylic acids is 1. The molecule has 0 aliphatic rings. The first-order chi connectivity index (χ1) is 8.90. The van der Waals surface area contributed by atoms with Gasteiger partial charge in [0.25, 0.3) is 0 Å². The van der Waals surface area contributed by atoms with E-state index in [-0.39, 0.29) is 22.2 Å². The molecule has 1 N–H and O–H groups in total. The fourth-order valence-electron chi connectivity index (χ4n) is 1.73. The summed E-state index contributed by atoms with van der Waals surface area (Å²) in [6.45, 7) is 1.56. The van der Waals surface area contributed by atoms with Crippen molar-refractivity contribution in [3.8, 4) is 0 Å². The first kappa shape index (κ1) is 13.4. The minimum atomic E-state index is -3.53. The lowest BCUT2D eigenvalue weighted by Crippen LogP contribution is -2.04. The first-order valence-electron chi connectivity index (χ1n) is 5.50. The number of aryl methyl sites for hydroxylation is 1. The van der Waals surface area contributed by atoms with Crippen molar-refractivity contribution >= 4 is 15.8 Å². The zero-order valence-electron chi connectivity index (χ0n) is 10.2. The van der Waals surface area contributed by atoms with Gasteiger partial charge in [-0.15, -0.1) is 0 Å². The number of hydrogen-bond acceptors (Lipinski definition) is 4. The molecule has 0 saturated carbocycles. The Labute approximate surface area is 110 Å². The minimum absolute atomic E-state index is 0.124. The van der Waals surface area contributed by atoms with E-state index in [1.165, 1.54) is 18.2 Å². The van der Waals surface area contributed by atoms with E-state index < -0.39 is 15.8 Å². The van der Waals surface area contributed by atoms with E-state index in [9.17, 15) is 13.2 Å². The van der Waals surface area contributed by atoms with Crippen LogP contribution in [0.1, 0.15) is 21.9 Å². The summed E-state index contributed by atoms with van der Waals surface area (Å²) in [6, 6.07) is 9.39. The molecule has 0 saturated heterocycles. The normalized spacial score (nSPS) is 11.4. The maximum Gasteiger partial charge on any atom is 0.372 e. The second-order valence-electron chi connectivity index (χ2n) is 4.10. The topological polar surface area (TPSA) is 84.6 Å². The van der Waals surface area contributed by atoms with Crippen LogP contribution < -0.4 is 0 Å². The molecule has 0 atom stereocenters. The summed E-state index contributed by atoms with van der Waals surface area (Å²) >= 11 is 0. The van der Waals surface area contributed by atoms with E-state index in [1.54, 1.807) is 25.1 Å². The van der Waals surface area contributed by atoms with Crippen LogP contribution in [0, 0.1) is 6.92 Å². The van der Waals surface area contributed by atoms with Gasteiger partial charge in [0, 0.05) is 5.56 Å². The standard InChI is InChI=1S/C13H12O5S/c1-9-7-10(18-12(9)13(14)15)8-19(16,17)11-5-3-2-4-6-11/h2-7H,8H2,1H3,(H,14,15). The zero-order valence-corrected chi connectivity index (χ0v) is 11.0. The van der Waals surface area contributed by atoms with Gasteiger partial charge in [-0.25, -0.2) is 13.2 Å². The zero-order chi connectivity index (χ0) is 14.0. The predicted molar refractivity (Wildman–Crippen MR) is 67.7 cm³/mol. The van der Waals surface area contributed by atoms with Crippen molar-refractivity contribution in [1.29, 1.82) is 0 Å². The highest BCUT2D eigenvalue weighted by Gasteiger charge is 2.20. The highest BCUT2D eigenvalue weighted by Crippen LogP contribution is 2.20. The summed E-state index contributed by atoms with van der Waals surface area (Å²) in [5.74, 6) is -1.66. The molecule has 1 aromatic carbocycles. The number of carbonyl (C=O) groups is 1. The fourth-order valence-corrected chi connectivity index (χ4v) is 2.99. The lowest BCUT2D eigenvalue weighted by atomic mass is 10.3. The highest BCUT2D eigenvalue weighted by atomic mass is 32.2. The SMILES string of the molecule is Cc1cc(CS(=O)(=O)c2ccccc2)oc1C(=O)O. The van der Waals surface area contributed by atoms with E-state index in [2.05, 4.69) is 0 Å². The van der Waals surface area contributed by atoms with E-state index in [1.807, 2.05) is 0 Å². The summed E-state index contributed by atoms with van der Waals surface area (Å²) in [5.41, 5.74) is 0.408. The average Bonchev–Trinajstić information content (AvgIpc) is 2.71. The van der Waals surface area contributed by atoms with Crippen LogP contribution in [-0.2, 0) is 15.6 Å². The summed E-state index contributed by atoms with van der Waals surface area (Å²) in [4.78, 5) is 11.0. The van der Waals surface area contributed by atoms with Crippen LogP contribution in [-0.4, -0.2) is 19.5 Å². The summed E-state index contributed by atoms with van der Waals surface area (Å²) in [7, 11) is -3.53. The van der Waals surface area contributed by atoms with Crippen molar-refractivity contribution in [2.45, 2.75) is 17.6 Å². The summed E-state index contributed by atoms with van der Waals surface area (Å²) < 4.78 is 29.2. The lowest BCUT2D eigenvalue weighted by molar-refractivity contribution is 0.0659. The molecule has 0 spiro atoms. The Bertz CT molecular complexity index is 698. The van der Waals surface area contributed by atoms with Crippen molar-refractivity contribution in [2.24, 2.45) is 0 Å². The van der Waals surface area contributed by atoms with E-state index in [4.69, 9.17) is 9.52 Å². The smallest absolute Gasteiger partial charge is 0.372 e. The molecule has 5 nitrogen and oxygen atoms in total. The lowest BCUT2D eigenvalue weighted by Gasteiger charge is -2.01. The monoisotopic (exact) mass is 280 g/mol. The van der Waals surface area contributed by atoms with E-state index in [0.29, 0.717) is 5.56 Å². The third kappa shape index (κ3) is 2.85. The van der Waals surface area contributed by atoms with Gasteiger partial charge >= 0.3 is 5.97 Å². The first-order valence-corrected chi connectivity index (χ1v) is 7.16. The molecule has 6 heteroatoms. The summed E-state index contributed by atoms with van der Waals surface area (Å²) in [6.07, 6.45) is 0. The fraction of sp³-hybridized carbons (Fsp3) is 0.154. The Morgan fingerprint density at radius 1 is 1.26 bits per heavy atom. The van der Waals surface area contributed by atoms with Crippen LogP contribution in [0.3, 0.4) is 0 Å². The summed E-state index contributed by atoms with van der Waals surface area (Å²) in [5, 5.41) is 8.85. The highest BCUT2D eigenvalue weighted by molar-refractivity contribution is 7.90. The van der Waals surface area contributed by atoms with Crippen molar-refractivity contribution in [3.63, 3.8) is 0 Å². The number of rotatable bonds is 4. The van der Waals surface area contributed by atoms with Crippen LogP contribution in [0.25, 0.3) is 0 Å². The van der Waals surface area contributed by atoms with Crippen LogP contribution in [0.5, 0.6) is 0 Å². The number of furan rings is 1. The molecule has 0 radical (unpaired) electrons.